The Balaban J connectivity index is 1.45. The molecule has 0 spiro atoms. The normalized spacial score (nSPS) is 16.0. The molecular weight excluding hydrogens is 310 g/mol. The first-order valence-electron chi connectivity index (χ1n) is 8.45. The van der Waals surface area contributed by atoms with E-state index < -0.39 is 0 Å². The third kappa shape index (κ3) is 3.41. The summed E-state index contributed by atoms with van der Waals surface area (Å²) in [5.74, 6) is 1.01. The molecule has 3 heteroatoms. The Morgan fingerprint density at radius 1 is 0.880 bits per heavy atom. The third-order valence-electron chi connectivity index (χ3n) is 4.48. The molecule has 0 saturated heterocycles. The molecule has 0 aromatic heterocycles. The SMILES string of the molecule is O=C1CC(c2ccc(OCc3ccccc3)cc2)Nc2ccccc21. The van der Waals surface area contributed by atoms with E-state index >= 15 is 0 Å². The lowest BCUT2D eigenvalue weighted by molar-refractivity contribution is 0.0972. The van der Waals surface area contributed by atoms with Gasteiger partial charge in [0.05, 0.1) is 6.04 Å². The molecule has 1 N–H and O–H groups in total. The Bertz CT molecular complexity index is 872. The number of hydrogen-bond acceptors (Lipinski definition) is 3. The van der Waals surface area contributed by atoms with Gasteiger partial charge in [-0.1, -0.05) is 54.6 Å². The van der Waals surface area contributed by atoms with Gasteiger partial charge in [0.15, 0.2) is 5.78 Å². The van der Waals surface area contributed by atoms with Crippen molar-refractivity contribution in [2.45, 2.75) is 19.1 Å². The maximum atomic E-state index is 12.3. The molecule has 1 atom stereocenters. The van der Waals surface area contributed by atoms with Crippen LogP contribution in [0.15, 0.2) is 78.9 Å². The zero-order valence-electron chi connectivity index (χ0n) is 13.8. The van der Waals surface area contributed by atoms with Crippen molar-refractivity contribution in [3.8, 4) is 5.75 Å². The van der Waals surface area contributed by atoms with Crippen LogP contribution in [0.25, 0.3) is 0 Å². The zero-order valence-corrected chi connectivity index (χ0v) is 13.8. The van der Waals surface area contributed by atoms with Crippen LogP contribution in [-0.2, 0) is 6.61 Å². The second-order valence-corrected chi connectivity index (χ2v) is 6.21. The Morgan fingerprint density at radius 3 is 2.40 bits per heavy atom. The quantitative estimate of drug-likeness (QED) is 0.731. The molecule has 3 aromatic carbocycles. The summed E-state index contributed by atoms with van der Waals surface area (Å²) in [5.41, 5.74) is 3.92. The van der Waals surface area contributed by atoms with Gasteiger partial charge in [-0.2, -0.15) is 0 Å². The predicted octanol–water partition coefficient (Wildman–Crippen LogP) is 5.01. The average Bonchev–Trinajstić information content (AvgIpc) is 2.68. The van der Waals surface area contributed by atoms with E-state index in [1.807, 2.05) is 78.9 Å². The van der Waals surface area contributed by atoms with Crippen molar-refractivity contribution in [3.05, 3.63) is 95.6 Å². The number of ether oxygens (including phenoxy) is 1. The van der Waals surface area contributed by atoms with Crippen LogP contribution in [0.4, 0.5) is 5.69 Å². The van der Waals surface area contributed by atoms with E-state index in [4.69, 9.17) is 4.74 Å². The Kier molecular flexibility index (Phi) is 4.21. The number of nitrogens with one attached hydrogen (secondary N) is 1. The monoisotopic (exact) mass is 329 g/mol. The maximum Gasteiger partial charge on any atom is 0.167 e. The summed E-state index contributed by atoms with van der Waals surface area (Å²) in [6.07, 6.45) is 0.473. The van der Waals surface area contributed by atoms with Crippen LogP contribution in [0.2, 0.25) is 0 Å². The van der Waals surface area contributed by atoms with Gasteiger partial charge in [-0.25, -0.2) is 0 Å². The van der Waals surface area contributed by atoms with Crippen molar-refractivity contribution < 1.29 is 9.53 Å². The lowest BCUT2D eigenvalue weighted by atomic mass is 9.92. The summed E-state index contributed by atoms with van der Waals surface area (Å²) >= 11 is 0. The minimum atomic E-state index is 0.00516. The molecule has 4 rings (SSSR count). The summed E-state index contributed by atoms with van der Waals surface area (Å²) in [4.78, 5) is 12.3. The molecule has 0 amide bonds. The van der Waals surface area contributed by atoms with E-state index in [9.17, 15) is 4.79 Å². The summed E-state index contributed by atoms with van der Waals surface area (Å²) in [6, 6.07) is 25.8. The molecule has 124 valence electrons. The van der Waals surface area contributed by atoms with Crippen molar-refractivity contribution in [1.29, 1.82) is 0 Å². The minimum absolute atomic E-state index is 0.00516. The molecular formula is C22H19NO2. The molecule has 0 radical (unpaired) electrons. The van der Waals surface area contributed by atoms with Crippen LogP contribution in [-0.4, -0.2) is 5.78 Å². The Labute approximate surface area is 147 Å². The van der Waals surface area contributed by atoms with Crippen LogP contribution in [0.5, 0.6) is 5.75 Å². The van der Waals surface area contributed by atoms with Gasteiger partial charge >= 0.3 is 0 Å². The van der Waals surface area contributed by atoms with Crippen molar-refractivity contribution in [2.75, 3.05) is 5.32 Å². The van der Waals surface area contributed by atoms with Gasteiger partial charge in [0.25, 0.3) is 0 Å². The molecule has 0 aliphatic carbocycles. The van der Waals surface area contributed by atoms with Gasteiger partial charge < -0.3 is 10.1 Å². The second-order valence-electron chi connectivity index (χ2n) is 6.21. The smallest absolute Gasteiger partial charge is 0.167 e. The fourth-order valence-electron chi connectivity index (χ4n) is 3.12. The largest absolute Gasteiger partial charge is 0.489 e. The number of para-hydroxylation sites is 1. The summed E-state index contributed by atoms with van der Waals surface area (Å²) in [7, 11) is 0. The Hall–Kier alpha value is -3.07. The van der Waals surface area contributed by atoms with E-state index in [0.717, 1.165) is 28.1 Å². The van der Waals surface area contributed by atoms with Gasteiger partial charge in [0, 0.05) is 17.7 Å². The number of fused-ring (bicyclic) bond motifs is 1. The fourth-order valence-corrected chi connectivity index (χ4v) is 3.12. The van der Waals surface area contributed by atoms with E-state index in [1.165, 1.54) is 0 Å². The van der Waals surface area contributed by atoms with E-state index in [-0.39, 0.29) is 11.8 Å². The van der Waals surface area contributed by atoms with Gasteiger partial charge in [-0.05, 0) is 35.4 Å². The van der Waals surface area contributed by atoms with Crippen molar-refractivity contribution in [1.82, 2.24) is 0 Å². The minimum Gasteiger partial charge on any atom is -0.489 e. The predicted molar refractivity (Wildman–Crippen MR) is 99.0 cm³/mol. The molecule has 1 unspecified atom stereocenters. The maximum absolute atomic E-state index is 12.3. The van der Waals surface area contributed by atoms with Crippen LogP contribution < -0.4 is 10.1 Å². The molecule has 0 bridgehead atoms. The van der Waals surface area contributed by atoms with Crippen LogP contribution in [0.1, 0.15) is 33.9 Å². The van der Waals surface area contributed by atoms with Gasteiger partial charge in [0.1, 0.15) is 12.4 Å². The number of hydrogen-bond donors (Lipinski definition) is 1. The van der Waals surface area contributed by atoms with Crippen molar-refractivity contribution in [3.63, 3.8) is 0 Å². The van der Waals surface area contributed by atoms with Crippen LogP contribution >= 0.6 is 0 Å². The van der Waals surface area contributed by atoms with Crippen LogP contribution in [0, 0.1) is 0 Å². The first-order valence-corrected chi connectivity index (χ1v) is 8.45. The number of benzene rings is 3. The molecule has 0 saturated carbocycles. The van der Waals surface area contributed by atoms with Crippen LogP contribution in [0.3, 0.4) is 0 Å². The lowest BCUT2D eigenvalue weighted by Crippen LogP contribution is -2.22. The number of ketones is 1. The highest BCUT2D eigenvalue weighted by Crippen LogP contribution is 2.33. The van der Waals surface area contributed by atoms with E-state index in [1.54, 1.807) is 0 Å². The van der Waals surface area contributed by atoms with Crippen molar-refractivity contribution in [2.24, 2.45) is 0 Å². The first kappa shape index (κ1) is 15.5. The lowest BCUT2D eigenvalue weighted by Gasteiger charge is -2.26. The van der Waals surface area contributed by atoms with Gasteiger partial charge in [-0.15, -0.1) is 0 Å². The van der Waals surface area contributed by atoms with E-state index in [2.05, 4.69) is 5.32 Å². The standard InChI is InChI=1S/C22H19NO2/c24-22-14-21(23-20-9-5-4-8-19(20)22)17-10-12-18(13-11-17)25-15-16-6-2-1-3-7-16/h1-13,21,23H,14-15H2. The second kappa shape index (κ2) is 6.81. The molecule has 1 aliphatic rings. The summed E-state index contributed by atoms with van der Waals surface area (Å²) in [6.45, 7) is 0.549. The Morgan fingerprint density at radius 2 is 1.60 bits per heavy atom. The third-order valence-corrected chi connectivity index (χ3v) is 4.48. The van der Waals surface area contributed by atoms with Gasteiger partial charge in [0.2, 0.25) is 0 Å². The molecule has 0 fully saturated rings. The zero-order chi connectivity index (χ0) is 17.1. The van der Waals surface area contributed by atoms with E-state index in [0.29, 0.717) is 13.0 Å². The number of Topliss-reactive ketones (excluding diaryl/α,β-unsaturated/α-hetero) is 1. The molecule has 3 nitrogen and oxygen atoms in total. The fraction of sp³-hybridized carbons (Fsp3) is 0.136. The van der Waals surface area contributed by atoms with Gasteiger partial charge in [-0.3, -0.25) is 4.79 Å². The summed E-state index contributed by atoms with van der Waals surface area (Å²) < 4.78 is 5.82. The summed E-state index contributed by atoms with van der Waals surface area (Å²) in [5, 5.41) is 3.46. The number of anilines is 1. The molecule has 1 aliphatic heterocycles. The molecule has 3 aromatic rings. The highest BCUT2D eigenvalue weighted by atomic mass is 16.5. The number of carbonyl (C=O) groups excluding carboxylic acids is 1. The highest BCUT2D eigenvalue weighted by molar-refractivity contribution is 6.03. The number of carbonyl (C=O) groups is 1. The topological polar surface area (TPSA) is 38.3 Å². The first-order chi connectivity index (χ1) is 12.3. The molecule has 25 heavy (non-hydrogen) atoms. The highest BCUT2D eigenvalue weighted by Gasteiger charge is 2.24. The average molecular weight is 329 g/mol. The molecule has 1 heterocycles. The number of rotatable bonds is 4. The van der Waals surface area contributed by atoms with Crippen molar-refractivity contribution >= 4 is 11.5 Å².